The molecule has 1 saturated carbocycles. The SMILES string of the molecule is O=P([O-])([O-])O[C@H]1[C@H](OP(=O)([O-])[O-])[C@@H](OP(=O)([O-])[O-])[C@H](OP(=O)([O-])[O-])[C@@H](OP(=O)([O-])[O-])[C@H]1OP(=O)([O-])[O-].O=S([O-])([O-])=S.[Ag+].[Ag+].[Ag+].[Ag+].[Ag+].[Ag+].[Ag+].[Ag+].[Ag+].[Ag+].[Ag+].[Ag+].[Ag+].[Ag+]. The van der Waals surface area contributed by atoms with Gasteiger partial charge in [-0.3, -0.25) is 4.21 Å². The molecule has 0 N–H and O–H groups in total. The van der Waals surface area contributed by atoms with Crippen LogP contribution >= 0.6 is 46.9 Å². The Bertz CT molecular complexity index is 1080. The first-order valence-electron chi connectivity index (χ1n) is 8.46. The number of hydrogen-bond acceptors (Lipinski definition) is 28. The Morgan fingerprint density at radius 2 is 0.364 bits per heavy atom. The van der Waals surface area contributed by atoms with E-state index >= 15 is 0 Å². The molecule has 1 rings (SSSR count). The normalized spacial score (nSPS) is 20.3. The van der Waals surface area contributed by atoms with E-state index in [4.69, 9.17) is 13.3 Å². The zero-order valence-electron chi connectivity index (χ0n) is 22.2. The Kier molecular flexibility index (Phi) is 88.3. The second kappa shape index (κ2) is 45.2. The summed E-state index contributed by atoms with van der Waals surface area (Å²) >= 11 is 3.24. The van der Waals surface area contributed by atoms with Crippen LogP contribution in [0.1, 0.15) is 0 Å². The van der Waals surface area contributed by atoms with Gasteiger partial charge >= 0.3 is 313 Å². The van der Waals surface area contributed by atoms with Gasteiger partial charge in [0.1, 0.15) is 36.6 Å². The van der Waals surface area contributed by atoms with E-state index in [0.29, 0.717) is 0 Å². The molecule has 1 aliphatic carbocycles. The topological polar surface area (TPSA) is 498 Å². The van der Waals surface area contributed by atoms with Crippen LogP contribution in [0.5, 0.6) is 0 Å². The molecule has 27 nitrogen and oxygen atoms in total. The van der Waals surface area contributed by atoms with E-state index in [1.165, 1.54) is 0 Å². The Hall–Kier alpha value is 11.3. The van der Waals surface area contributed by atoms with Crippen molar-refractivity contribution in [3.8, 4) is 0 Å². The first-order chi connectivity index (χ1) is 17.6. The molecule has 0 aromatic heterocycles. The van der Waals surface area contributed by atoms with E-state index in [1.807, 2.05) is 0 Å². The van der Waals surface area contributed by atoms with Crippen molar-refractivity contribution in [2.45, 2.75) is 36.6 Å². The summed E-state index contributed by atoms with van der Waals surface area (Å²) in [6.45, 7) is 0. The van der Waals surface area contributed by atoms with Gasteiger partial charge in [-0.25, -0.2) is 0 Å². The van der Waals surface area contributed by atoms with Crippen molar-refractivity contribution in [2.24, 2.45) is 0 Å². The van der Waals surface area contributed by atoms with Gasteiger partial charge in [0.15, 0.2) is 0 Å². The van der Waals surface area contributed by atoms with Crippen molar-refractivity contribution in [3.63, 3.8) is 0 Å². The average molecular weight is 2270 g/mol. The molecule has 55 heavy (non-hydrogen) atoms. The fourth-order valence-corrected chi connectivity index (χ4v) is 5.96. The number of hydrogen-bond donors (Lipinski definition) is 0. The van der Waals surface area contributed by atoms with Crippen LogP contribution in [-0.4, -0.2) is 49.9 Å². The Morgan fingerprint density at radius 3 is 0.400 bits per heavy atom. The molecule has 1 aliphatic rings. The monoisotopic (exact) mass is 2260 g/mol. The Balaban J connectivity index is -0.0000000608. The van der Waals surface area contributed by atoms with E-state index in [1.54, 1.807) is 0 Å². The van der Waals surface area contributed by atoms with Crippen molar-refractivity contribution in [2.75, 3.05) is 0 Å². The molecule has 0 atom stereocenters. The average Bonchev–Trinajstić information content (AvgIpc) is 2.56. The minimum absolute atomic E-state index is 0. The molecule has 0 aromatic carbocycles. The van der Waals surface area contributed by atoms with Crippen molar-refractivity contribution < 1.29 is 440 Å². The van der Waals surface area contributed by atoms with Crippen LogP contribution in [0.25, 0.3) is 0 Å². The van der Waals surface area contributed by atoms with Crippen molar-refractivity contribution in [1.82, 2.24) is 0 Å². The summed E-state index contributed by atoms with van der Waals surface area (Å²) in [6.07, 6.45) is -21.5. The van der Waals surface area contributed by atoms with E-state index in [0.717, 1.165) is 0 Å². The molecule has 0 unspecified atom stereocenters. The Labute approximate surface area is 533 Å². The van der Waals surface area contributed by atoms with Crippen molar-refractivity contribution in [1.29, 1.82) is 0 Å². The summed E-state index contributed by atoms with van der Waals surface area (Å²) in [5, 5.41) is 0. The van der Waals surface area contributed by atoms with Gasteiger partial charge in [0, 0.05) is 0 Å². The van der Waals surface area contributed by atoms with E-state index in [-0.39, 0.29) is 313 Å². The van der Waals surface area contributed by atoms with Gasteiger partial charge in [0.25, 0.3) is 0 Å². The van der Waals surface area contributed by atoms with Crippen LogP contribution in [-0.2, 0) is 388 Å². The predicted octanol–water partition coefficient (Wildman–Crippen LogP) is -11.8. The fraction of sp³-hybridized carbons (Fsp3) is 1.00. The van der Waals surface area contributed by atoms with Gasteiger partial charge in [-0.15, -0.1) is 9.05 Å². The second-order valence-electron chi connectivity index (χ2n) is 6.51. The number of phosphoric ester groups is 6. The first kappa shape index (κ1) is 107. The van der Waals surface area contributed by atoms with E-state index in [2.05, 4.69) is 38.3 Å². The summed E-state index contributed by atoms with van der Waals surface area (Å²) in [5.74, 6) is 0. The summed E-state index contributed by atoms with van der Waals surface area (Å²) in [5.41, 5.74) is 0. The maximum absolute atomic E-state index is 11.1. The maximum Gasteiger partial charge on any atom is 1.00 e. The summed E-state index contributed by atoms with van der Waals surface area (Å²) < 4.78 is 115. The third kappa shape index (κ3) is 61.4. The Morgan fingerprint density at radius 1 is 0.309 bits per heavy atom. The predicted molar refractivity (Wildman–Crippen MR) is 91.9 cm³/mol. The number of phosphoric acid groups is 6. The van der Waals surface area contributed by atoms with Crippen LogP contribution in [0.15, 0.2) is 0 Å². The minimum atomic E-state index is -6.68. The van der Waals surface area contributed by atoms with Gasteiger partial charge in [-0.1, -0.05) is 0 Å². The molecule has 0 bridgehead atoms. The molecular weight excluding hydrogens is 2260 g/mol. The second-order valence-corrected chi connectivity index (χ2v) is 15.2. The molecule has 1 fully saturated rings. The molecule has 0 amide bonds. The van der Waals surface area contributed by atoms with Gasteiger partial charge in [-0.05, 0) is 11.2 Å². The largest absolute Gasteiger partial charge is 1.00 e. The summed E-state index contributed by atoms with van der Waals surface area (Å²) in [6, 6.07) is 0. The molecule has 0 radical (unpaired) electrons. The van der Waals surface area contributed by atoms with Crippen molar-refractivity contribution in [3.05, 3.63) is 0 Å². The van der Waals surface area contributed by atoms with Gasteiger partial charge in [-0.2, -0.15) is 0 Å². The van der Waals surface area contributed by atoms with Crippen molar-refractivity contribution >= 4 is 67.2 Å². The zero-order valence-corrected chi connectivity index (χ0v) is 50.0. The molecule has 0 aliphatic heterocycles. The summed E-state index contributed by atoms with van der Waals surface area (Å²) in [7, 11) is -44.4. The van der Waals surface area contributed by atoms with Gasteiger partial charge in [0.05, 0.1) is 46.9 Å². The quantitative estimate of drug-likeness (QED) is 0.129. The summed E-state index contributed by atoms with van der Waals surface area (Å²) in [4.78, 5) is 133. The van der Waals surface area contributed by atoms with Crippen LogP contribution in [0.2, 0.25) is 0 Å². The number of rotatable bonds is 12. The van der Waals surface area contributed by atoms with E-state index in [9.17, 15) is 86.1 Å². The molecule has 49 heteroatoms. The van der Waals surface area contributed by atoms with Crippen LogP contribution in [0.4, 0.5) is 0 Å². The maximum atomic E-state index is 11.1. The van der Waals surface area contributed by atoms with Crippen LogP contribution < -0.4 is 58.7 Å². The fourth-order valence-electron chi connectivity index (χ4n) is 2.74. The molecule has 0 heterocycles. The molecule has 388 valence electrons. The molecule has 0 saturated heterocycles. The van der Waals surface area contributed by atoms with Crippen LogP contribution in [0.3, 0.4) is 0 Å². The third-order valence-corrected chi connectivity index (χ3v) is 6.46. The van der Waals surface area contributed by atoms with Gasteiger partial charge in [0.2, 0.25) is 0 Å². The van der Waals surface area contributed by atoms with Gasteiger partial charge < -0.3 is 122 Å². The molecule has 0 spiro atoms. The zero-order chi connectivity index (χ0) is 33.2. The molecule has 0 aromatic rings. The standard InChI is InChI=1S/C6H18O24P6.14Ag.H2O3S2/c7-31(8,9)25-1-2(26-32(10,11)12)4(28-34(16,17)18)6(30-36(22,23)24)5(29-35(19,20)21)3(1)27-33(13,14)15;;;;;;;;;;;;;;;1-5(2,3)4/h1-6H,(H2,7,8,9)(H2,10,11,12)(H2,13,14,15)(H2,16,17,18)(H2,19,20,21)(H2,22,23,24);;;;;;;;;;;;;;;(H2,1,2,3,4)/q;14*+1;/p-14/t1-,2-,3-,4+,5-,6-;;;;;;;;;;;;;;;. The molecular formula is C6H6Ag14O27P6S2. The smallest absolute Gasteiger partial charge is 0.790 e. The third-order valence-electron chi connectivity index (χ3n) is 3.45. The first-order valence-corrected chi connectivity index (χ1v) is 19.6. The van der Waals surface area contributed by atoms with Crippen LogP contribution in [0, 0.1) is 0 Å². The van der Waals surface area contributed by atoms with E-state index < -0.39 is 92.6 Å². The minimum Gasteiger partial charge on any atom is -0.790 e.